The fourth-order valence-corrected chi connectivity index (χ4v) is 5.18. The summed E-state index contributed by atoms with van der Waals surface area (Å²) in [6.45, 7) is 5.27. The molecular weight excluding hydrogens is 412 g/mol. The van der Waals surface area contributed by atoms with Crippen molar-refractivity contribution in [2.24, 2.45) is 0 Å². The Kier molecular flexibility index (Phi) is 5.07. The largest absolute Gasteiger partial charge is 0.381 e. The van der Waals surface area contributed by atoms with Gasteiger partial charge in [0.15, 0.2) is 0 Å². The number of nitrogens with one attached hydrogen (secondary N) is 1. The molecule has 3 aromatic rings. The Morgan fingerprint density at radius 3 is 2.15 bits per heavy atom. The Balaban J connectivity index is 1.52. The summed E-state index contributed by atoms with van der Waals surface area (Å²) in [5, 5.41) is 3.61. The van der Waals surface area contributed by atoms with Crippen LogP contribution in [0.1, 0.15) is 47.7 Å². The molecule has 3 aliphatic heterocycles. The molecule has 0 radical (unpaired) electrons. The highest BCUT2D eigenvalue weighted by molar-refractivity contribution is 5.90. The molecule has 6 rings (SSSR count). The van der Waals surface area contributed by atoms with Gasteiger partial charge in [0.25, 0.3) is 0 Å². The first-order valence-corrected chi connectivity index (χ1v) is 11.9. The molecule has 3 heterocycles. The lowest BCUT2D eigenvalue weighted by molar-refractivity contribution is 0.428. The second-order valence-corrected chi connectivity index (χ2v) is 9.27. The molecule has 3 aromatic carbocycles. The first kappa shape index (κ1) is 20.6. The van der Waals surface area contributed by atoms with Crippen molar-refractivity contribution in [1.29, 1.82) is 0 Å². The van der Waals surface area contributed by atoms with Crippen LogP contribution in [0, 0.1) is 0 Å². The average molecular weight is 441 g/mol. The highest BCUT2D eigenvalue weighted by atomic mass is 15.1. The van der Waals surface area contributed by atoms with Gasteiger partial charge in [-0.3, -0.25) is 0 Å². The minimum Gasteiger partial charge on any atom is -0.381 e. The molecule has 34 heavy (non-hydrogen) atoms. The van der Waals surface area contributed by atoms with E-state index in [0.29, 0.717) is 0 Å². The van der Waals surface area contributed by atoms with Crippen molar-refractivity contribution in [1.82, 2.24) is 10.2 Å². The molecule has 0 fully saturated rings. The maximum atomic E-state index is 3.61. The summed E-state index contributed by atoms with van der Waals surface area (Å²) in [5.74, 6) is 0. The summed E-state index contributed by atoms with van der Waals surface area (Å²) in [6.07, 6.45) is 11.5. The zero-order chi connectivity index (χ0) is 23.1. The molecule has 0 spiro atoms. The molecule has 0 bridgehead atoms. The van der Waals surface area contributed by atoms with Crippen molar-refractivity contribution >= 4 is 16.8 Å². The van der Waals surface area contributed by atoms with Gasteiger partial charge in [-0.05, 0) is 47.8 Å². The van der Waals surface area contributed by atoms with E-state index in [-0.39, 0.29) is 6.04 Å². The third-order valence-corrected chi connectivity index (χ3v) is 6.96. The lowest BCUT2D eigenvalue weighted by atomic mass is 9.83. The topological polar surface area (TPSA) is 15.3 Å². The van der Waals surface area contributed by atoms with Crippen LogP contribution in [0.15, 0.2) is 121 Å². The van der Waals surface area contributed by atoms with Gasteiger partial charge < -0.3 is 10.2 Å². The van der Waals surface area contributed by atoms with Crippen molar-refractivity contribution in [2.75, 3.05) is 6.54 Å². The van der Waals surface area contributed by atoms with Crippen molar-refractivity contribution in [2.45, 2.75) is 19.9 Å². The minimum absolute atomic E-state index is 0.206. The fraction of sp³-hybridized carbons (Fsp3) is 0.125. The summed E-state index contributed by atoms with van der Waals surface area (Å²) >= 11 is 0. The van der Waals surface area contributed by atoms with Gasteiger partial charge in [-0.2, -0.15) is 0 Å². The molecule has 0 amide bonds. The van der Waals surface area contributed by atoms with Crippen LogP contribution in [0.5, 0.6) is 0 Å². The van der Waals surface area contributed by atoms with Gasteiger partial charge in [-0.25, -0.2) is 0 Å². The fourth-order valence-electron chi connectivity index (χ4n) is 5.18. The number of allylic oxidation sites excluding steroid dienone is 4. The maximum absolute atomic E-state index is 3.61. The monoisotopic (exact) mass is 440 g/mol. The minimum atomic E-state index is 0.206. The van der Waals surface area contributed by atoms with E-state index in [9.17, 15) is 0 Å². The van der Waals surface area contributed by atoms with E-state index in [1.54, 1.807) is 0 Å². The van der Waals surface area contributed by atoms with E-state index in [0.717, 1.165) is 6.54 Å². The van der Waals surface area contributed by atoms with Crippen LogP contribution in [0.2, 0.25) is 0 Å². The zero-order valence-corrected chi connectivity index (χ0v) is 19.6. The SMILES string of the molecule is CC1=CC=C(c2ccccc2C2=CN3C=C(c4ccccc4)C(C)=CC3c3ccccc32)NC1. The van der Waals surface area contributed by atoms with Crippen molar-refractivity contribution in [3.63, 3.8) is 0 Å². The number of hydrogen-bond acceptors (Lipinski definition) is 2. The van der Waals surface area contributed by atoms with E-state index in [1.165, 1.54) is 55.8 Å². The van der Waals surface area contributed by atoms with Gasteiger partial charge in [-0.1, -0.05) is 96.6 Å². The smallest absolute Gasteiger partial charge is 0.0776 e. The lowest BCUT2D eigenvalue weighted by Gasteiger charge is -2.37. The summed E-state index contributed by atoms with van der Waals surface area (Å²) < 4.78 is 0. The molecule has 0 aliphatic carbocycles. The molecule has 3 aliphatic rings. The average Bonchev–Trinajstić information content (AvgIpc) is 2.89. The van der Waals surface area contributed by atoms with Crippen LogP contribution in [-0.4, -0.2) is 11.4 Å². The van der Waals surface area contributed by atoms with Gasteiger partial charge >= 0.3 is 0 Å². The molecule has 1 unspecified atom stereocenters. The molecule has 1 atom stereocenters. The second kappa shape index (κ2) is 8.39. The number of dihydropyridines is 1. The quantitative estimate of drug-likeness (QED) is 0.459. The van der Waals surface area contributed by atoms with E-state index in [4.69, 9.17) is 0 Å². The Morgan fingerprint density at radius 2 is 1.38 bits per heavy atom. The van der Waals surface area contributed by atoms with E-state index < -0.39 is 0 Å². The number of hydrogen-bond donors (Lipinski definition) is 1. The first-order valence-electron chi connectivity index (χ1n) is 11.9. The number of rotatable bonds is 3. The highest BCUT2D eigenvalue weighted by Crippen LogP contribution is 2.44. The Morgan fingerprint density at radius 1 is 0.706 bits per heavy atom. The molecule has 2 heteroatoms. The summed E-state index contributed by atoms with van der Waals surface area (Å²) in [5.41, 5.74) is 12.8. The molecule has 0 saturated carbocycles. The number of benzene rings is 3. The molecule has 166 valence electrons. The van der Waals surface area contributed by atoms with Crippen molar-refractivity contribution in [3.05, 3.63) is 148 Å². The molecule has 0 aromatic heterocycles. The van der Waals surface area contributed by atoms with Crippen molar-refractivity contribution in [3.8, 4) is 0 Å². The molecular formula is C32H28N2. The van der Waals surface area contributed by atoms with Crippen molar-refractivity contribution < 1.29 is 0 Å². The van der Waals surface area contributed by atoms with E-state index in [1.807, 2.05) is 0 Å². The predicted molar refractivity (Wildman–Crippen MR) is 142 cm³/mol. The van der Waals surface area contributed by atoms with Gasteiger partial charge in [-0.15, -0.1) is 0 Å². The third kappa shape index (κ3) is 3.52. The van der Waals surface area contributed by atoms with Gasteiger partial charge in [0.1, 0.15) is 0 Å². The Labute approximate surface area is 201 Å². The van der Waals surface area contributed by atoms with E-state index >= 15 is 0 Å². The van der Waals surface area contributed by atoms with Crippen LogP contribution in [-0.2, 0) is 0 Å². The van der Waals surface area contributed by atoms with Crippen LogP contribution >= 0.6 is 0 Å². The first-order chi connectivity index (χ1) is 16.7. The Hall–Kier alpha value is -4.04. The normalized spacial score (nSPS) is 18.9. The standard InChI is InChI=1S/C32H28N2/c1-22-16-17-31(33-19-22)27-14-8-6-12-25(27)30-21-34-20-29(24-10-4-3-5-11-24)23(2)18-32(34)28-15-9-7-13-26(28)30/h3-18,20-21,32-33H,19H2,1-2H3. The molecule has 0 saturated heterocycles. The summed E-state index contributed by atoms with van der Waals surface area (Å²) in [4.78, 5) is 2.39. The van der Waals surface area contributed by atoms with Crippen LogP contribution in [0.25, 0.3) is 16.8 Å². The van der Waals surface area contributed by atoms with Gasteiger partial charge in [0.2, 0.25) is 0 Å². The predicted octanol–water partition coefficient (Wildman–Crippen LogP) is 7.32. The second-order valence-electron chi connectivity index (χ2n) is 9.27. The highest BCUT2D eigenvalue weighted by Gasteiger charge is 2.29. The van der Waals surface area contributed by atoms with E-state index in [2.05, 4.69) is 134 Å². The van der Waals surface area contributed by atoms with Gasteiger partial charge in [0.05, 0.1) is 6.04 Å². The van der Waals surface area contributed by atoms with Gasteiger partial charge in [0, 0.05) is 41.4 Å². The molecule has 1 N–H and O–H groups in total. The number of fused-ring (bicyclic) bond motifs is 3. The molecule has 2 nitrogen and oxygen atoms in total. The van der Waals surface area contributed by atoms with Crippen LogP contribution in [0.4, 0.5) is 0 Å². The third-order valence-electron chi connectivity index (χ3n) is 6.96. The number of nitrogens with zero attached hydrogens (tertiary/aromatic N) is 1. The Bertz CT molecular complexity index is 1420. The van der Waals surface area contributed by atoms with Crippen LogP contribution < -0.4 is 5.32 Å². The lowest BCUT2D eigenvalue weighted by Crippen LogP contribution is -2.26. The summed E-state index contributed by atoms with van der Waals surface area (Å²) in [6, 6.07) is 28.5. The maximum Gasteiger partial charge on any atom is 0.0776 e. The zero-order valence-electron chi connectivity index (χ0n) is 19.6. The summed E-state index contributed by atoms with van der Waals surface area (Å²) in [7, 11) is 0. The van der Waals surface area contributed by atoms with Crippen LogP contribution in [0.3, 0.4) is 0 Å².